The van der Waals surface area contributed by atoms with E-state index in [1.807, 2.05) is 6.92 Å². The molecule has 1 fully saturated rings. The zero-order valence-corrected chi connectivity index (χ0v) is 15.9. The van der Waals surface area contributed by atoms with Crippen LogP contribution in [0.5, 0.6) is 0 Å². The predicted molar refractivity (Wildman–Crippen MR) is 92.8 cm³/mol. The number of aromatic nitrogens is 1. The fraction of sp³-hybridized carbons (Fsp3) is 0.625. The van der Waals surface area contributed by atoms with E-state index in [1.54, 1.807) is 7.05 Å². The molecule has 0 saturated carbocycles. The van der Waals surface area contributed by atoms with Gasteiger partial charge in [0.05, 0.1) is 10.6 Å². The van der Waals surface area contributed by atoms with Gasteiger partial charge in [0.15, 0.2) is 5.78 Å². The van der Waals surface area contributed by atoms with Crippen LogP contribution in [0.4, 0.5) is 5.13 Å². The van der Waals surface area contributed by atoms with Crippen LogP contribution in [0.2, 0.25) is 0 Å². The van der Waals surface area contributed by atoms with Crippen molar-refractivity contribution in [2.24, 2.45) is 5.92 Å². The standard InChI is InChI=1S/C16H21N3O6S/c1-8-5-11-13(12(22)6-8)26-16(17-11)19(23)7-18(4)14(24-9(2)20)15(19)25-10(3)21/h8,14-15H,5-7H2,1-4H3. The molecule has 3 rings (SSSR count). The number of nitrogens with zero attached hydrogens (tertiary/aromatic N) is 3. The third kappa shape index (κ3) is 3.25. The van der Waals surface area contributed by atoms with Gasteiger partial charge in [-0.2, -0.15) is 4.98 Å². The number of hydroxylamine groups is 2. The summed E-state index contributed by atoms with van der Waals surface area (Å²) in [5.74, 6) is -1.10. The van der Waals surface area contributed by atoms with Gasteiger partial charge in [0, 0.05) is 20.3 Å². The highest BCUT2D eigenvalue weighted by Crippen LogP contribution is 2.41. The summed E-state index contributed by atoms with van der Waals surface area (Å²) in [7, 11) is 1.60. The van der Waals surface area contributed by atoms with Crippen LogP contribution in [0.15, 0.2) is 0 Å². The van der Waals surface area contributed by atoms with Gasteiger partial charge in [-0.15, -0.1) is 0 Å². The van der Waals surface area contributed by atoms with Gasteiger partial charge in [0.2, 0.25) is 0 Å². The molecular weight excluding hydrogens is 362 g/mol. The van der Waals surface area contributed by atoms with Gasteiger partial charge in [-0.05, 0) is 19.4 Å². The summed E-state index contributed by atoms with van der Waals surface area (Å²) in [5.41, 5.74) is 0.613. The largest absolute Gasteiger partial charge is 0.622 e. The van der Waals surface area contributed by atoms with Crippen LogP contribution in [0, 0.1) is 11.1 Å². The molecule has 0 bridgehead atoms. The second kappa shape index (κ2) is 6.69. The topological polar surface area (TPSA) is 109 Å². The molecule has 0 radical (unpaired) electrons. The summed E-state index contributed by atoms with van der Waals surface area (Å²) in [5, 5.41) is 13.8. The summed E-state index contributed by atoms with van der Waals surface area (Å²) < 4.78 is 9.32. The Morgan fingerprint density at radius 2 is 1.92 bits per heavy atom. The molecule has 0 N–H and O–H groups in total. The molecule has 4 unspecified atom stereocenters. The van der Waals surface area contributed by atoms with Crippen molar-refractivity contribution in [2.45, 2.75) is 46.1 Å². The number of quaternary nitrogens is 1. The van der Waals surface area contributed by atoms with E-state index >= 15 is 0 Å². The Hall–Kier alpha value is -1.88. The first-order chi connectivity index (χ1) is 12.1. The van der Waals surface area contributed by atoms with E-state index in [-0.39, 0.29) is 23.5 Å². The van der Waals surface area contributed by atoms with Gasteiger partial charge in [-0.3, -0.25) is 14.4 Å². The molecule has 2 heterocycles. The number of likely N-dealkylation sites (N-methyl/N-ethyl adjacent to an activating group) is 1. The molecule has 1 aromatic rings. The minimum absolute atomic E-state index is 0.0257. The molecule has 1 saturated heterocycles. The highest BCUT2D eigenvalue weighted by atomic mass is 32.1. The van der Waals surface area contributed by atoms with Crippen LogP contribution in [-0.4, -0.2) is 53.8 Å². The molecule has 1 aromatic heterocycles. The van der Waals surface area contributed by atoms with Crippen molar-refractivity contribution in [1.82, 2.24) is 14.5 Å². The van der Waals surface area contributed by atoms with Gasteiger partial charge in [-0.25, -0.2) is 9.55 Å². The Balaban J connectivity index is 2.01. The summed E-state index contributed by atoms with van der Waals surface area (Å²) >= 11 is 1.04. The Morgan fingerprint density at radius 3 is 2.54 bits per heavy atom. The van der Waals surface area contributed by atoms with Crippen LogP contribution in [0.1, 0.15) is 42.6 Å². The highest BCUT2D eigenvalue weighted by molar-refractivity contribution is 7.17. The van der Waals surface area contributed by atoms with Gasteiger partial charge >= 0.3 is 11.9 Å². The minimum atomic E-state index is -1.30. The van der Waals surface area contributed by atoms with Crippen molar-refractivity contribution in [1.29, 1.82) is 0 Å². The van der Waals surface area contributed by atoms with E-state index in [2.05, 4.69) is 4.98 Å². The van der Waals surface area contributed by atoms with Crippen LogP contribution in [-0.2, 0) is 25.5 Å². The van der Waals surface area contributed by atoms with E-state index in [9.17, 15) is 19.6 Å². The number of ketones is 1. The summed E-state index contributed by atoms with van der Waals surface area (Å²) in [4.78, 5) is 41.6. The number of carbonyl (C=O) groups is 3. The van der Waals surface area contributed by atoms with Gasteiger partial charge in [0.25, 0.3) is 17.6 Å². The van der Waals surface area contributed by atoms with Crippen molar-refractivity contribution in [3.8, 4) is 0 Å². The average molecular weight is 383 g/mol. The van der Waals surface area contributed by atoms with Crippen molar-refractivity contribution < 1.29 is 23.9 Å². The lowest BCUT2D eigenvalue weighted by Crippen LogP contribution is -2.53. The average Bonchev–Trinajstić information content (AvgIpc) is 3.02. The molecular formula is C16H21N3O6S. The van der Waals surface area contributed by atoms with E-state index < -0.39 is 29.0 Å². The third-order valence-electron chi connectivity index (χ3n) is 4.43. The van der Waals surface area contributed by atoms with E-state index in [0.717, 1.165) is 11.3 Å². The van der Waals surface area contributed by atoms with Crippen molar-refractivity contribution in [3.05, 3.63) is 15.8 Å². The van der Waals surface area contributed by atoms with E-state index in [0.29, 0.717) is 23.4 Å². The van der Waals surface area contributed by atoms with Crippen LogP contribution in [0.3, 0.4) is 0 Å². The van der Waals surface area contributed by atoms with Gasteiger partial charge in [-0.1, -0.05) is 18.3 Å². The molecule has 0 aromatic carbocycles. The molecule has 142 valence electrons. The highest BCUT2D eigenvalue weighted by Gasteiger charge is 2.54. The molecule has 26 heavy (non-hydrogen) atoms. The Kier molecular flexibility index (Phi) is 4.86. The summed E-state index contributed by atoms with van der Waals surface area (Å²) in [6.45, 7) is 4.25. The monoisotopic (exact) mass is 383 g/mol. The van der Waals surface area contributed by atoms with Crippen molar-refractivity contribution in [3.63, 3.8) is 0 Å². The zero-order valence-electron chi connectivity index (χ0n) is 15.1. The molecule has 4 atom stereocenters. The summed E-state index contributed by atoms with van der Waals surface area (Å²) in [6.07, 6.45) is -1.28. The number of carbonyl (C=O) groups excluding carboxylic acids is 3. The first-order valence-electron chi connectivity index (χ1n) is 8.28. The number of fused-ring (bicyclic) bond motifs is 1. The molecule has 0 amide bonds. The number of rotatable bonds is 3. The number of ether oxygens (including phenoxy) is 2. The Morgan fingerprint density at radius 1 is 1.27 bits per heavy atom. The molecule has 2 aliphatic rings. The van der Waals surface area contributed by atoms with Gasteiger partial charge in [0.1, 0.15) is 6.67 Å². The van der Waals surface area contributed by atoms with E-state index in [1.165, 1.54) is 18.7 Å². The van der Waals surface area contributed by atoms with E-state index in [4.69, 9.17) is 9.47 Å². The molecule has 0 spiro atoms. The number of thiazole rings is 1. The number of hydrogen-bond acceptors (Lipinski definition) is 9. The Labute approximate surface area is 154 Å². The second-order valence-electron chi connectivity index (χ2n) is 6.90. The quantitative estimate of drug-likeness (QED) is 0.438. The second-order valence-corrected chi connectivity index (χ2v) is 7.88. The zero-order chi connectivity index (χ0) is 19.2. The minimum Gasteiger partial charge on any atom is -0.622 e. The SMILES string of the molecule is CC(=O)OC1C(OC(C)=O)[N+]([O-])(c2nc3c(s2)C(=O)CC(C)C3)CN1C. The Bertz CT molecular complexity index is 765. The smallest absolute Gasteiger partial charge is 0.307 e. The molecule has 9 nitrogen and oxygen atoms in total. The van der Waals surface area contributed by atoms with Crippen LogP contribution < -0.4 is 4.65 Å². The van der Waals surface area contributed by atoms with Crippen LogP contribution in [0.25, 0.3) is 0 Å². The molecule has 1 aliphatic carbocycles. The fourth-order valence-electron chi connectivity index (χ4n) is 3.39. The predicted octanol–water partition coefficient (Wildman–Crippen LogP) is 1.39. The first-order valence-corrected chi connectivity index (χ1v) is 9.10. The fourth-order valence-corrected chi connectivity index (χ4v) is 4.48. The number of esters is 2. The lowest BCUT2D eigenvalue weighted by Gasteiger charge is -2.38. The van der Waals surface area contributed by atoms with Crippen molar-refractivity contribution in [2.75, 3.05) is 13.7 Å². The van der Waals surface area contributed by atoms with Crippen molar-refractivity contribution >= 4 is 34.2 Å². The molecule has 1 aliphatic heterocycles. The lowest BCUT2D eigenvalue weighted by atomic mass is 9.92. The number of hydrogen-bond donors (Lipinski definition) is 0. The summed E-state index contributed by atoms with van der Waals surface area (Å²) in [6, 6.07) is 0. The first kappa shape index (κ1) is 18.9. The number of Topliss-reactive ketones (excluding diaryl/α,β-unsaturated/α-hetero) is 1. The maximum absolute atomic E-state index is 13.6. The molecule has 10 heteroatoms. The third-order valence-corrected chi connectivity index (χ3v) is 5.69. The maximum Gasteiger partial charge on any atom is 0.307 e. The maximum atomic E-state index is 13.6. The van der Waals surface area contributed by atoms with Gasteiger partial charge < -0.3 is 14.7 Å². The van der Waals surface area contributed by atoms with Crippen LogP contribution >= 0.6 is 11.3 Å². The lowest BCUT2D eigenvalue weighted by molar-refractivity contribution is -0.176. The normalized spacial score (nSPS) is 31.6.